The van der Waals surface area contributed by atoms with Gasteiger partial charge in [-0.3, -0.25) is 14.4 Å². The van der Waals surface area contributed by atoms with E-state index in [0.29, 0.717) is 39.0 Å². The zero-order valence-electron chi connectivity index (χ0n) is 23.3. The quantitative estimate of drug-likeness (QED) is 0.457. The summed E-state index contributed by atoms with van der Waals surface area (Å²) < 4.78 is 6.03. The predicted octanol–water partition coefficient (Wildman–Crippen LogP) is 2.93. The molecule has 1 spiro atoms. The summed E-state index contributed by atoms with van der Waals surface area (Å²) >= 11 is 1.77. The molecule has 4 N–H and O–H groups in total. The van der Waals surface area contributed by atoms with E-state index in [4.69, 9.17) is 4.74 Å². The average molecular weight is 565 g/mol. The molecule has 2 aliphatic rings. The molecular weight excluding hydrogens is 524 g/mol. The molecule has 214 valence electrons. The van der Waals surface area contributed by atoms with Crippen LogP contribution in [0.1, 0.15) is 37.8 Å². The fraction of sp³-hybridized carbons (Fsp3) is 0.452. The molecule has 0 aliphatic carbocycles. The molecule has 2 atom stereocenters. The molecule has 2 heterocycles. The van der Waals surface area contributed by atoms with Crippen molar-refractivity contribution in [3.63, 3.8) is 0 Å². The van der Waals surface area contributed by atoms with E-state index in [0.717, 1.165) is 28.4 Å². The zero-order valence-corrected chi connectivity index (χ0v) is 24.1. The van der Waals surface area contributed by atoms with Crippen LogP contribution >= 0.6 is 11.8 Å². The molecule has 0 saturated carbocycles. The van der Waals surface area contributed by atoms with Crippen LogP contribution in [0.25, 0.3) is 6.08 Å². The van der Waals surface area contributed by atoms with Crippen LogP contribution in [-0.2, 0) is 20.8 Å². The maximum Gasteiger partial charge on any atom is 0.246 e. The number of hydrogen-bond acceptors (Lipinski definition) is 6. The molecule has 0 aromatic heterocycles. The third-order valence-corrected chi connectivity index (χ3v) is 8.32. The maximum atomic E-state index is 13.9. The zero-order chi connectivity index (χ0) is 28.4. The smallest absolute Gasteiger partial charge is 0.246 e. The topological polar surface area (TPSA) is 109 Å². The molecule has 0 radical (unpaired) electrons. The molecule has 9 heteroatoms. The number of carbonyl (C=O) groups excluding carboxylic acids is 3. The fourth-order valence-corrected chi connectivity index (χ4v) is 6.21. The van der Waals surface area contributed by atoms with Crippen molar-refractivity contribution in [2.45, 2.75) is 50.7 Å². The van der Waals surface area contributed by atoms with Gasteiger partial charge in [0.1, 0.15) is 23.9 Å². The second-order valence-electron chi connectivity index (χ2n) is 10.6. The first-order valence-corrected chi connectivity index (χ1v) is 15.2. The van der Waals surface area contributed by atoms with E-state index in [1.165, 1.54) is 0 Å². The van der Waals surface area contributed by atoms with Gasteiger partial charge in [0.25, 0.3) is 0 Å². The van der Waals surface area contributed by atoms with E-state index in [2.05, 4.69) is 21.3 Å². The molecule has 3 amide bonds. The number of carbonyl (C=O) groups is 3. The van der Waals surface area contributed by atoms with Gasteiger partial charge in [-0.15, -0.1) is 0 Å². The highest BCUT2D eigenvalue weighted by Crippen LogP contribution is 2.28. The van der Waals surface area contributed by atoms with Gasteiger partial charge in [0.15, 0.2) is 0 Å². The minimum atomic E-state index is -1.08. The van der Waals surface area contributed by atoms with Crippen molar-refractivity contribution in [3.05, 3.63) is 71.8 Å². The summed E-state index contributed by atoms with van der Waals surface area (Å²) in [6.45, 7) is 5.10. The predicted molar refractivity (Wildman–Crippen MR) is 160 cm³/mol. The first-order chi connectivity index (χ1) is 19.4. The van der Waals surface area contributed by atoms with Crippen LogP contribution < -0.4 is 26.0 Å². The van der Waals surface area contributed by atoms with Gasteiger partial charge in [-0.2, -0.15) is 11.8 Å². The highest BCUT2D eigenvalue weighted by Gasteiger charge is 2.43. The lowest BCUT2D eigenvalue weighted by Gasteiger charge is -2.39. The monoisotopic (exact) mass is 564 g/mol. The normalized spacial score (nSPS) is 23.5. The van der Waals surface area contributed by atoms with Gasteiger partial charge in [0.2, 0.25) is 17.7 Å². The molecule has 0 bridgehead atoms. The van der Waals surface area contributed by atoms with Crippen molar-refractivity contribution in [2.75, 3.05) is 31.2 Å². The second-order valence-corrected chi connectivity index (χ2v) is 11.8. The molecule has 4 rings (SSSR count). The Kier molecular flexibility index (Phi) is 10.7. The van der Waals surface area contributed by atoms with Crippen molar-refractivity contribution in [1.82, 2.24) is 21.3 Å². The Bertz CT molecular complexity index is 1180. The van der Waals surface area contributed by atoms with E-state index in [1.807, 2.05) is 80.6 Å². The Morgan fingerprint density at radius 3 is 2.45 bits per heavy atom. The lowest BCUT2D eigenvalue weighted by molar-refractivity contribution is -0.137. The molecule has 0 unspecified atom stereocenters. The lowest BCUT2D eigenvalue weighted by atomic mass is 9.89. The summed E-state index contributed by atoms with van der Waals surface area (Å²) in [7, 11) is 0. The largest absolute Gasteiger partial charge is 0.492 e. The molecule has 1 fully saturated rings. The van der Waals surface area contributed by atoms with Crippen molar-refractivity contribution < 1.29 is 19.1 Å². The SMILES string of the molecule is CC(C)[C@@H]1NCCOc2ccccc2/C=C\CNC(=O)[C@H](Cc2ccccc2)NC(=O)C2(CCSCC2)NC1=O. The minimum absolute atomic E-state index is 0.00417. The van der Waals surface area contributed by atoms with Gasteiger partial charge in [0.05, 0.1) is 6.04 Å². The Hall–Kier alpha value is -3.30. The van der Waals surface area contributed by atoms with Gasteiger partial charge < -0.3 is 26.0 Å². The molecule has 40 heavy (non-hydrogen) atoms. The number of nitrogens with one attached hydrogen (secondary N) is 4. The Morgan fingerprint density at radius 2 is 1.70 bits per heavy atom. The standard InChI is InChI=1S/C31H40N4O4S/c1-22(2)27-29(37)35-31(14-19-40-20-15-31)30(38)34-25(21-23-9-4-3-5-10-23)28(36)33-16-8-12-24-11-6-7-13-26(24)39-18-17-32-27/h3-13,22,25,27,32H,14-21H2,1-2H3,(H,33,36)(H,34,38)(H,35,37)/b12-8-/t25-,27-/m0/s1. The number of thioether (sulfide) groups is 1. The third-order valence-electron chi connectivity index (χ3n) is 7.33. The summed E-state index contributed by atoms with van der Waals surface area (Å²) in [5.41, 5.74) is 0.753. The van der Waals surface area contributed by atoms with Crippen molar-refractivity contribution >= 4 is 35.6 Å². The molecular formula is C31H40N4O4S. The van der Waals surface area contributed by atoms with Crippen LogP contribution in [0, 0.1) is 5.92 Å². The Morgan fingerprint density at radius 1 is 0.975 bits per heavy atom. The van der Waals surface area contributed by atoms with Gasteiger partial charge in [-0.1, -0.05) is 74.5 Å². The summed E-state index contributed by atoms with van der Waals surface area (Å²) in [4.78, 5) is 40.9. The highest BCUT2D eigenvalue weighted by molar-refractivity contribution is 7.99. The van der Waals surface area contributed by atoms with Gasteiger partial charge >= 0.3 is 0 Å². The third kappa shape index (κ3) is 7.88. The molecule has 2 aromatic rings. The van der Waals surface area contributed by atoms with Crippen LogP contribution in [-0.4, -0.2) is 66.5 Å². The van der Waals surface area contributed by atoms with Crippen LogP contribution in [0.4, 0.5) is 0 Å². The minimum Gasteiger partial charge on any atom is -0.492 e. The first kappa shape index (κ1) is 29.7. The van der Waals surface area contributed by atoms with E-state index >= 15 is 0 Å². The lowest BCUT2D eigenvalue weighted by Crippen LogP contribution is -2.66. The van der Waals surface area contributed by atoms with Gasteiger partial charge in [0, 0.05) is 25.1 Å². The number of ether oxygens (including phenoxy) is 1. The Balaban J connectivity index is 1.64. The summed E-state index contributed by atoms with van der Waals surface area (Å²) in [6, 6.07) is 16.0. The number of fused-ring (bicyclic) bond motifs is 1. The van der Waals surface area contributed by atoms with E-state index in [9.17, 15) is 14.4 Å². The van der Waals surface area contributed by atoms with Crippen LogP contribution in [0.2, 0.25) is 0 Å². The van der Waals surface area contributed by atoms with E-state index in [-0.39, 0.29) is 23.6 Å². The van der Waals surface area contributed by atoms with Gasteiger partial charge in [-0.25, -0.2) is 0 Å². The van der Waals surface area contributed by atoms with Crippen LogP contribution in [0.15, 0.2) is 60.7 Å². The molecule has 2 aromatic carbocycles. The fourth-order valence-electron chi connectivity index (χ4n) is 5.02. The molecule has 2 aliphatic heterocycles. The molecule has 1 saturated heterocycles. The number of amides is 3. The number of para-hydroxylation sites is 1. The second kappa shape index (κ2) is 14.4. The van der Waals surface area contributed by atoms with Crippen molar-refractivity contribution in [1.29, 1.82) is 0 Å². The maximum absolute atomic E-state index is 13.9. The van der Waals surface area contributed by atoms with Crippen LogP contribution in [0.3, 0.4) is 0 Å². The highest BCUT2D eigenvalue weighted by atomic mass is 32.2. The summed E-state index contributed by atoms with van der Waals surface area (Å²) in [5.74, 6) is 1.42. The van der Waals surface area contributed by atoms with Crippen molar-refractivity contribution in [3.8, 4) is 5.75 Å². The average Bonchev–Trinajstić information content (AvgIpc) is 2.95. The summed E-state index contributed by atoms with van der Waals surface area (Å²) in [6.07, 6.45) is 5.13. The van der Waals surface area contributed by atoms with E-state index in [1.54, 1.807) is 11.8 Å². The first-order valence-electron chi connectivity index (χ1n) is 14.0. The number of rotatable bonds is 3. The molecule has 8 nitrogen and oxygen atoms in total. The van der Waals surface area contributed by atoms with Crippen LogP contribution in [0.5, 0.6) is 5.75 Å². The number of benzene rings is 2. The Labute approximate surface area is 241 Å². The summed E-state index contributed by atoms with van der Waals surface area (Å²) in [5, 5.41) is 12.4. The van der Waals surface area contributed by atoms with Gasteiger partial charge in [-0.05, 0) is 41.9 Å². The van der Waals surface area contributed by atoms with Crippen molar-refractivity contribution in [2.24, 2.45) is 5.92 Å². The number of hydrogen-bond donors (Lipinski definition) is 4. The van der Waals surface area contributed by atoms with E-state index < -0.39 is 17.6 Å².